The van der Waals surface area contributed by atoms with E-state index in [0.717, 1.165) is 50.0 Å². The Kier molecular flexibility index (Phi) is 5.45. The molecule has 0 aromatic carbocycles. The quantitative estimate of drug-likeness (QED) is 0.693. The zero-order valence-electron chi connectivity index (χ0n) is 14.1. The number of anilines is 1. The number of amides is 2. The molecule has 1 aliphatic carbocycles. The molecule has 24 heavy (non-hydrogen) atoms. The van der Waals surface area contributed by atoms with Gasteiger partial charge in [0.05, 0.1) is 12.1 Å². The second-order valence-corrected chi connectivity index (χ2v) is 7.74. The molecule has 2 aliphatic rings. The lowest BCUT2D eigenvalue weighted by atomic mass is 9.68. The Hall–Kier alpha value is -1.54. The first-order chi connectivity index (χ1) is 11.6. The van der Waals surface area contributed by atoms with Gasteiger partial charge in [0, 0.05) is 18.9 Å². The summed E-state index contributed by atoms with van der Waals surface area (Å²) in [6.45, 7) is 2.37. The van der Waals surface area contributed by atoms with Crippen LogP contribution in [0.1, 0.15) is 56.9 Å². The molecule has 1 aromatic rings. The molecule has 0 radical (unpaired) electrons. The molecule has 7 nitrogen and oxygen atoms in total. The van der Waals surface area contributed by atoms with Crippen molar-refractivity contribution in [1.82, 2.24) is 20.8 Å². The van der Waals surface area contributed by atoms with E-state index in [9.17, 15) is 9.59 Å². The van der Waals surface area contributed by atoms with Crippen LogP contribution >= 0.6 is 11.3 Å². The minimum absolute atomic E-state index is 0.112. The average molecular weight is 351 g/mol. The van der Waals surface area contributed by atoms with Gasteiger partial charge in [-0.1, -0.05) is 24.7 Å². The van der Waals surface area contributed by atoms with Crippen molar-refractivity contribution >= 4 is 28.3 Å². The van der Waals surface area contributed by atoms with E-state index < -0.39 is 0 Å². The van der Waals surface area contributed by atoms with Gasteiger partial charge < -0.3 is 10.6 Å². The number of hydrogen-bond acceptors (Lipinski definition) is 6. The fraction of sp³-hybridized carbons (Fsp3) is 0.750. The molecule has 3 rings (SSSR count). The van der Waals surface area contributed by atoms with Crippen LogP contribution in [0, 0.1) is 0 Å². The molecule has 1 aromatic heterocycles. The molecule has 1 saturated heterocycles. The normalized spacial score (nSPS) is 22.0. The van der Waals surface area contributed by atoms with Crippen LogP contribution < -0.4 is 16.0 Å². The third-order valence-corrected chi connectivity index (χ3v) is 5.83. The molecule has 1 aliphatic heterocycles. The highest BCUT2D eigenvalue weighted by atomic mass is 32.1. The van der Waals surface area contributed by atoms with Crippen LogP contribution in [0.4, 0.5) is 5.13 Å². The largest absolute Gasteiger partial charge is 0.349 e. The number of nitrogens with one attached hydrogen (secondary N) is 3. The number of aromatic nitrogens is 2. The Morgan fingerprint density at radius 1 is 1.42 bits per heavy atom. The van der Waals surface area contributed by atoms with Crippen LogP contribution in [-0.4, -0.2) is 40.1 Å². The first-order valence-electron chi connectivity index (χ1n) is 8.78. The molecular weight excluding hydrogens is 326 g/mol. The maximum absolute atomic E-state index is 12.1. The van der Waals surface area contributed by atoms with Crippen molar-refractivity contribution in [2.75, 3.05) is 11.9 Å². The van der Waals surface area contributed by atoms with Gasteiger partial charge in [0.1, 0.15) is 5.01 Å². The third kappa shape index (κ3) is 3.92. The second-order valence-electron chi connectivity index (χ2n) is 6.68. The average Bonchev–Trinajstić information content (AvgIpc) is 2.97. The highest BCUT2D eigenvalue weighted by Crippen LogP contribution is 2.38. The molecule has 1 spiro atoms. The standard InChI is InChI=1S/C16H25N5O2S/c1-2-3-5-14-20-21-15(24-14)18-13(23)10-17-11-6-7-12(22)19-16(11)8-4-9-16/h11,17H,2-10H2,1H3,(H,19,22)(H,18,21,23). The molecule has 3 N–H and O–H groups in total. The van der Waals surface area contributed by atoms with Gasteiger partial charge in [-0.3, -0.25) is 14.9 Å². The SMILES string of the molecule is CCCCc1nnc(NC(=O)CNC2CCC(=O)NC23CCC3)s1. The first kappa shape index (κ1) is 17.3. The maximum Gasteiger partial charge on any atom is 0.240 e. The summed E-state index contributed by atoms with van der Waals surface area (Å²) < 4.78 is 0. The van der Waals surface area contributed by atoms with E-state index in [2.05, 4.69) is 33.1 Å². The lowest BCUT2D eigenvalue weighted by Gasteiger charge is -2.51. The molecular formula is C16H25N5O2S. The third-order valence-electron chi connectivity index (χ3n) is 4.93. The van der Waals surface area contributed by atoms with Crippen LogP contribution in [0.15, 0.2) is 0 Å². The van der Waals surface area contributed by atoms with Gasteiger partial charge in [0.25, 0.3) is 0 Å². The molecule has 2 heterocycles. The van der Waals surface area contributed by atoms with Crippen LogP contribution in [0.5, 0.6) is 0 Å². The van der Waals surface area contributed by atoms with Gasteiger partial charge in [-0.25, -0.2) is 0 Å². The summed E-state index contributed by atoms with van der Waals surface area (Å²) in [5.74, 6) is 0.0187. The van der Waals surface area contributed by atoms with Gasteiger partial charge in [0.15, 0.2) is 0 Å². The Bertz CT molecular complexity index is 599. The highest BCUT2D eigenvalue weighted by Gasteiger charge is 2.47. The summed E-state index contributed by atoms with van der Waals surface area (Å²) in [5, 5.41) is 18.9. The van der Waals surface area contributed by atoms with Crippen molar-refractivity contribution in [2.45, 2.75) is 69.9 Å². The predicted octanol–water partition coefficient (Wildman–Crippen LogP) is 1.61. The number of carbonyl (C=O) groups is 2. The lowest BCUT2D eigenvalue weighted by Crippen LogP contribution is -2.68. The van der Waals surface area contributed by atoms with Crippen molar-refractivity contribution < 1.29 is 9.59 Å². The summed E-state index contributed by atoms with van der Waals surface area (Å²) >= 11 is 1.44. The van der Waals surface area contributed by atoms with E-state index in [1.165, 1.54) is 11.3 Å². The number of carbonyl (C=O) groups excluding carboxylic acids is 2. The first-order valence-corrected chi connectivity index (χ1v) is 9.59. The van der Waals surface area contributed by atoms with Gasteiger partial charge in [-0.05, 0) is 32.1 Å². The smallest absolute Gasteiger partial charge is 0.240 e. The second kappa shape index (κ2) is 7.57. The van der Waals surface area contributed by atoms with E-state index in [1.807, 2.05) is 0 Å². The zero-order valence-corrected chi connectivity index (χ0v) is 14.9. The fourth-order valence-electron chi connectivity index (χ4n) is 3.42. The summed E-state index contributed by atoms with van der Waals surface area (Å²) in [6, 6.07) is 0.171. The summed E-state index contributed by atoms with van der Waals surface area (Å²) in [6.07, 6.45) is 7.55. The molecule has 0 bridgehead atoms. The summed E-state index contributed by atoms with van der Waals surface area (Å²) in [4.78, 5) is 23.8. The van der Waals surface area contributed by atoms with Crippen molar-refractivity contribution in [1.29, 1.82) is 0 Å². The van der Waals surface area contributed by atoms with Gasteiger partial charge in [-0.2, -0.15) is 0 Å². The minimum Gasteiger partial charge on any atom is -0.349 e. The highest BCUT2D eigenvalue weighted by molar-refractivity contribution is 7.15. The Morgan fingerprint density at radius 2 is 2.25 bits per heavy atom. The van der Waals surface area contributed by atoms with Gasteiger partial charge in [-0.15, -0.1) is 10.2 Å². The topological polar surface area (TPSA) is 96.0 Å². The van der Waals surface area contributed by atoms with E-state index >= 15 is 0 Å². The number of nitrogens with zero attached hydrogens (tertiary/aromatic N) is 2. The van der Waals surface area contributed by atoms with E-state index in [-0.39, 0.29) is 29.9 Å². The van der Waals surface area contributed by atoms with E-state index in [4.69, 9.17) is 0 Å². The van der Waals surface area contributed by atoms with Crippen molar-refractivity contribution in [3.05, 3.63) is 5.01 Å². The number of hydrogen-bond donors (Lipinski definition) is 3. The molecule has 1 saturated carbocycles. The van der Waals surface area contributed by atoms with Crippen LogP contribution in [-0.2, 0) is 16.0 Å². The number of piperidine rings is 1. The number of rotatable bonds is 7. The number of unbranched alkanes of at least 4 members (excludes halogenated alkanes) is 1. The predicted molar refractivity (Wildman–Crippen MR) is 92.9 cm³/mol. The lowest BCUT2D eigenvalue weighted by molar-refractivity contribution is -0.128. The molecule has 1 atom stereocenters. The zero-order chi connectivity index (χ0) is 17.0. The number of aryl methyl sites for hydroxylation is 1. The Morgan fingerprint density at radius 3 is 2.96 bits per heavy atom. The summed E-state index contributed by atoms with van der Waals surface area (Å²) in [7, 11) is 0. The van der Waals surface area contributed by atoms with Crippen LogP contribution in [0.2, 0.25) is 0 Å². The Balaban J connectivity index is 1.47. The van der Waals surface area contributed by atoms with Crippen LogP contribution in [0.25, 0.3) is 0 Å². The van der Waals surface area contributed by atoms with Crippen molar-refractivity contribution in [2.24, 2.45) is 0 Å². The molecule has 2 amide bonds. The maximum atomic E-state index is 12.1. The van der Waals surface area contributed by atoms with E-state index in [1.54, 1.807) is 0 Å². The molecule has 1 unspecified atom stereocenters. The fourth-order valence-corrected chi connectivity index (χ4v) is 4.22. The van der Waals surface area contributed by atoms with Gasteiger partial charge in [0.2, 0.25) is 16.9 Å². The van der Waals surface area contributed by atoms with Gasteiger partial charge >= 0.3 is 0 Å². The summed E-state index contributed by atoms with van der Waals surface area (Å²) in [5.41, 5.74) is -0.133. The van der Waals surface area contributed by atoms with Crippen molar-refractivity contribution in [3.63, 3.8) is 0 Å². The monoisotopic (exact) mass is 351 g/mol. The van der Waals surface area contributed by atoms with Crippen LogP contribution in [0.3, 0.4) is 0 Å². The minimum atomic E-state index is -0.133. The molecule has 2 fully saturated rings. The van der Waals surface area contributed by atoms with E-state index in [0.29, 0.717) is 11.6 Å². The van der Waals surface area contributed by atoms with Crippen molar-refractivity contribution in [3.8, 4) is 0 Å². The Labute approximate surface area is 146 Å². The molecule has 132 valence electrons. The molecule has 8 heteroatoms.